The first-order valence-electron chi connectivity index (χ1n) is 7.11. The molecule has 2 nitrogen and oxygen atoms in total. The molecule has 5 atom stereocenters. The highest BCUT2D eigenvalue weighted by Gasteiger charge is 2.37. The fraction of sp³-hybridized carbons (Fsp3) is 1.00. The fourth-order valence-electron chi connectivity index (χ4n) is 3.82. The zero-order chi connectivity index (χ0) is 11.5. The molecule has 0 aromatic heterocycles. The van der Waals surface area contributed by atoms with Crippen LogP contribution in [0.5, 0.6) is 0 Å². The lowest BCUT2D eigenvalue weighted by Crippen LogP contribution is -2.44. The van der Waals surface area contributed by atoms with Gasteiger partial charge >= 0.3 is 0 Å². The van der Waals surface area contributed by atoms with Crippen LogP contribution in [0.2, 0.25) is 0 Å². The Morgan fingerprint density at radius 1 is 1.19 bits per heavy atom. The fourth-order valence-corrected chi connectivity index (χ4v) is 3.82. The third-order valence-electron chi connectivity index (χ3n) is 4.92. The lowest BCUT2D eigenvalue weighted by Gasteiger charge is -2.38. The Hall–Kier alpha value is -0.0800. The summed E-state index contributed by atoms with van der Waals surface area (Å²) in [6.45, 7) is 5.44. The van der Waals surface area contributed by atoms with Gasteiger partial charge in [0, 0.05) is 18.6 Å². The molecule has 0 aromatic rings. The number of nitrogens with two attached hydrogens (primary N) is 1. The van der Waals surface area contributed by atoms with E-state index in [1.807, 2.05) is 0 Å². The van der Waals surface area contributed by atoms with Crippen LogP contribution in [0.1, 0.15) is 52.4 Å². The zero-order valence-electron chi connectivity index (χ0n) is 10.8. The minimum atomic E-state index is 0.378. The molecular weight excluding hydrogens is 198 g/mol. The van der Waals surface area contributed by atoms with Crippen molar-refractivity contribution in [2.24, 2.45) is 23.5 Å². The highest BCUT2D eigenvalue weighted by Crippen LogP contribution is 2.38. The Morgan fingerprint density at radius 2 is 1.94 bits per heavy atom. The van der Waals surface area contributed by atoms with Crippen LogP contribution in [0, 0.1) is 17.8 Å². The molecule has 2 heteroatoms. The minimum absolute atomic E-state index is 0.378. The van der Waals surface area contributed by atoms with Gasteiger partial charge in [0.05, 0.1) is 6.10 Å². The molecule has 94 valence electrons. The van der Waals surface area contributed by atoms with Crippen LogP contribution < -0.4 is 5.73 Å². The van der Waals surface area contributed by atoms with Crippen molar-refractivity contribution >= 4 is 0 Å². The lowest BCUT2D eigenvalue weighted by atomic mass is 9.70. The summed E-state index contributed by atoms with van der Waals surface area (Å²) in [7, 11) is 0. The number of rotatable bonds is 3. The van der Waals surface area contributed by atoms with Crippen LogP contribution in [0.3, 0.4) is 0 Å². The van der Waals surface area contributed by atoms with Gasteiger partial charge in [0.1, 0.15) is 0 Å². The second-order valence-corrected chi connectivity index (χ2v) is 5.72. The Kier molecular flexibility index (Phi) is 4.26. The van der Waals surface area contributed by atoms with Crippen molar-refractivity contribution in [3.63, 3.8) is 0 Å². The van der Waals surface area contributed by atoms with Gasteiger partial charge in [-0.1, -0.05) is 32.6 Å². The van der Waals surface area contributed by atoms with Gasteiger partial charge in [0.25, 0.3) is 0 Å². The van der Waals surface area contributed by atoms with Crippen LogP contribution in [-0.4, -0.2) is 18.8 Å². The Labute approximate surface area is 99.9 Å². The van der Waals surface area contributed by atoms with Crippen LogP contribution in [-0.2, 0) is 4.74 Å². The second kappa shape index (κ2) is 5.50. The van der Waals surface area contributed by atoms with E-state index in [2.05, 4.69) is 13.8 Å². The molecule has 0 aromatic carbocycles. The smallest absolute Gasteiger partial charge is 0.0590 e. The molecule has 2 N–H and O–H groups in total. The molecule has 0 bridgehead atoms. The normalized spacial score (nSPS) is 42.2. The maximum absolute atomic E-state index is 6.53. The number of hydrogen-bond acceptors (Lipinski definition) is 2. The van der Waals surface area contributed by atoms with Gasteiger partial charge in [-0.15, -0.1) is 0 Å². The molecule has 1 saturated carbocycles. The molecular formula is C14H27NO. The maximum Gasteiger partial charge on any atom is 0.0590 e. The minimum Gasteiger partial charge on any atom is -0.378 e. The molecule has 5 unspecified atom stereocenters. The first-order chi connectivity index (χ1) is 7.74. The first kappa shape index (κ1) is 12.4. The van der Waals surface area contributed by atoms with Crippen molar-refractivity contribution in [1.29, 1.82) is 0 Å². The van der Waals surface area contributed by atoms with E-state index in [1.165, 1.54) is 38.5 Å². The van der Waals surface area contributed by atoms with E-state index in [1.54, 1.807) is 0 Å². The average Bonchev–Trinajstić information content (AvgIpc) is 2.74. The summed E-state index contributed by atoms with van der Waals surface area (Å²) >= 11 is 0. The van der Waals surface area contributed by atoms with E-state index in [-0.39, 0.29) is 0 Å². The van der Waals surface area contributed by atoms with Gasteiger partial charge in [-0.2, -0.15) is 0 Å². The molecule has 0 radical (unpaired) electrons. The van der Waals surface area contributed by atoms with Crippen molar-refractivity contribution in [2.45, 2.75) is 64.5 Å². The summed E-state index contributed by atoms with van der Waals surface area (Å²) in [6.07, 6.45) is 8.42. The maximum atomic E-state index is 6.53. The summed E-state index contributed by atoms with van der Waals surface area (Å²) in [5, 5.41) is 0. The van der Waals surface area contributed by atoms with Gasteiger partial charge in [0.2, 0.25) is 0 Å². The summed E-state index contributed by atoms with van der Waals surface area (Å²) in [4.78, 5) is 0. The van der Waals surface area contributed by atoms with Crippen LogP contribution >= 0.6 is 0 Å². The summed E-state index contributed by atoms with van der Waals surface area (Å²) in [5.74, 6) is 2.24. The highest BCUT2D eigenvalue weighted by atomic mass is 16.5. The molecule has 0 amide bonds. The van der Waals surface area contributed by atoms with E-state index in [0.29, 0.717) is 18.1 Å². The molecule has 2 fully saturated rings. The van der Waals surface area contributed by atoms with Gasteiger partial charge in [-0.3, -0.25) is 0 Å². The standard InChI is InChI=1S/C14H27NO/c1-3-11-6-4-5-7-13(11)14(15)12-8-9-16-10(12)2/h10-14H,3-9,15H2,1-2H3. The number of ether oxygens (including phenoxy) is 1. The van der Waals surface area contributed by atoms with Crippen LogP contribution in [0.15, 0.2) is 0 Å². The van der Waals surface area contributed by atoms with Gasteiger partial charge in [0.15, 0.2) is 0 Å². The quantitative estimate of drug-likeness (QED) is 0.801. The average molecular weight is 225 g/mol. The van der Waals surface area contributed by atoms with Crippen molar-refractivity contribution in [3.05, 3.63) is 0 Å². The van der Waals surface area contributed by atoms with Crippen LogP contribution in [0.25, 0.3) is 0 Å². The van der Waals surface area contributed by atoms with Crippen molar-refractivity contribution in [1.82, 2.24) is 0 Å². The number of hydrogen-bond donors (Lipinski definition) is 1. The SMILES string of the molecule is CCC1CCCCC1C(N)C1CCOC1C. The molecule has 2 rings (SSSR count). The second-order valence-electron chi connectivity index (χ2n) is 5.72. The summed E-state index contributed by atoms with van der Waals surface area (Å²) in [5.41, 5.74) is 6.53. The zero-order valence-corrected chi connectivity index (χ0v) is 10.8. The third-order valence-corrected chi connectivity index (χ3v) is 4.92. The Balaban J connectivity index is 1.98. The van der Waals surface area contributed by atoms with Gasteiger partial charge < -0.3 is 10.5 Å². The molecule has 1 aliphatic heterocycles. The van der Waals surface area contributed by atoms with Gasteiger partial charge in [-0.25, -0.2) is 0 Å². The van der Waals surface area contributed by atoms with E-state index >= 15 is 0 Å². The van der Waals surface area contributed by atoms with Crippen LogP contribution in [0.4, 0.5) is 0 Å². The predicted octanol–water partition coefficient (Wildman–Crippen LogP) is 2.96. The molecule has 1 heterocycles. The lowest BCUT2D eigenvalue weighted by molar-refractivity contribution is 0.0785. The summed E-state index contributed by atoms with van der Waals surface area (Å²) < 4.78 is 5.67. The molecule has 1 saturated heterocycles. The van der Waals surface area contributed by atoms with E-state index in [4.69, 9.17) is 10.5 Å². The van der Waals surface area contributed by atoms with Gasteiger partial charge in [-0.05, 0) is 31.6 Å². The summed E-state index contributed by atoms with van der Waals surface area (Å²) in [6, 6.07) is 0.378. The Morgan fingerprint density at radius 3 is 2.56 bits per heavy atom. The molecule has 2 aliphatic rings. The highest BCUT2D eigenvalue weighted by molar-refractivity contribution is 4.90. The third kappa shape index (κ3) is 2.43. The largest absolute Gasteiger partial charge is 0.378 e. The first-order valence-corrected chi connectivity index (χ1v) is 7.11. The van der Waals surface area contributed by atoms with E-state index in [0.717, 1.165) is 18.4 Å². The predicted molar refractivity (Wildman–Crippen MR) is 67.2 cm³/mol. The topological polar surface area (TPSA) is 35.2 Å². The van der Waals surface area contributed by atoms with E-state index in [9.17, 15) is 0 Å². The van der Waals surface area contributed by atoms with E-state index < -0.39 is 0 Å². The monoisotopic (exact) mass is 225 g/mol. The van der Waals surface area contributed by atoms with Crippen molar-refractivity contribution in [3.8, 4) is 0 Å². The molecule has 16 heavy (non-hydrogen) atoms. The van der Waals surface area contributed by atoms with Crippen molar-refractivity contribution < 1.29 is 4.74 Å². The Bertz CT molecular complexity index is 219. The van der Waals surface area contributed by atoms with Crippen molar-refractivity contribution in [2.75, 3.05) is 6.61 Å². The molecule has 0 spiro atoms. The molecule has 1 aliphatic carbocycles.